The van der Waals surface area contributed by atoms with Crippen molar-refractivity contribution in [1.29, 1.82) is 0 Å². The summed E-state index contributed by atoms with van der Waals surface area (Å²) in [5.74, 6) is -1.21. The van der Waals surface area contributed by atoms with Crippen LogP contribution in [-0.4, -0.2) is 44.9 Å². The van der Waals surface area contributed by atoms with E-state index in [4.69, 9.17) is 9.47 Å². The second-order valence-electron chi connectivity index (χ2n) is 4.97. The van der Waals surface area contributed by atoms with Crippen LogP contribution in [0.15, 0.2) is 24.3 Å². The lowest BCUT2D eigenvalue weighted by Crippen LogP contribution is -2.47. The van der Waals surface area contributed by atoms with E-state index < -0.39 is 18.1 Å². The molecule has 114 valence electrons. The van der Waals surface area contributed by atoms with Crippen LogP contribution in [0.1, 0.15) is 12.5 Å². The van der Waals surface area contributed by atoms with Gasteiger partial charge in [-0.15, -0.1) is 0 Å². The average molecular weight is 292 g/mol. The Morgan fingerprint density at radius 3 is 2.67 bits per heavy atom. The molecule has 0 saturated heterocycles. The van der Waals surface area contributed by atoms with Crippen LogP contribution in [0.4, 0.5) is 5.69 Å². The lowest BCUT2D eigenvalue weighted by atomic mass is 10.1. The Hall–Kier alpha value is -1.92. The summed E-state index contributed by atoms with van der Waals surface area (Å²) in [4.78, 5) is 25.9. The van der Waals surface area contributed by atoms with Crippen LogP contribution in [0.5, 0.6) is 0 Å². The van der Waals surface area contributed by atoms with E-state index in [2.05, 4.69) is 5.32 Å². The quantitative estimate of drug-likeness (QED) is 0.655. The van der Waals surface area contributed by atoms with Gasteiger partial charge < -0.3 is 19.7 Å². The molecule has 0 spiro atoms. The highest BCUT2D eigenvalue weighted by atomic mass is 16.7. The molecule has 2 rings (SSSR count). The van der Waals surface area contributed by atoms with Gasteiger partial charge in [-0.05, 0) is 25.0 Å². The van der Waals surface area contributed by atoms with Crippen LogP contribution in [0.2, 0.25) is 0 Å². The number of ether oxygens (including phenoxy) is 2. The number of anilines is 1. The maximum absolute atomic E-state index is 12.3. The predicted octanol–water partition coefficient (Wildman–Crippen LogP) is 0.699. The van der Waals surface area contributed by atoms with Crippen molar-refractivity contribution in [2.75, 3.05) is 25.7 Å². The normalized spacial score (nSPS) is 17.0. The summed E-state index contributed by atoms with van der Waals surface area (Å²) in [6.45, 7) is 2.06. The van der Waals surface area contributed by atoms with E-state index in [0.29, 0.717) is 0 Å². The van der Waals surface area contributed by atoms with Crippen molar-refractivity contribution < 1.29 is 19.1 Å². The third-order valence-electron chi connectivity index (χ3n) is 3.58. The zero-order valence-electron chi connectivity index (χ0n) is 12.5. The van der Waals surface area contributed by atoms with Crippen LogP contribution >= 0.6 is 0 Å². The topological polar surface area (TPSA) is 67.9 Å². The zero-order valence-corrected chi connectivity index (χ0v) is 12.5. The lowest BCUT2D eigenvalue weighted by molar-refractivity contribution is -0.140. The number of methoxy groups -OCH3 is 2. The molecule has 6 heteroatoms. The molecule has 0 aliphatic carbocycles. The lowest BCUT2D eigenvalue weighted by Gasteiger charge is -2.22. The molecule has 1 aliphatic rings. The second-order valence-corrected chi connectivity index (χ2v) is 4.97. The van der Waals surface area contributed by atoms with Crippen LogP contribution in [0.3, 0.4) is 0 Å². The second kappa shape index (κ2) is 6.69. The predicted molar refractivity (Wildman–Crippen MR) is 77.9 cm³/mol. The molecule has 1 heterocycles. The van der Waals surface area contributed by atoms with E-state index >= 15 is 0 Å². The molecule has 0 saturated carbocycles. The molecule has 1 atom stereocenters. The highest BCUT2D eigenvalue weighted by Crippen LogP contribution is 2.31. The number of para-hydroxylation sites is 1. The standard InChI is InChI=1S/C15H20N2O4/c1-10-8-11-6-4-5-7-12(11)17(10)15(19)14(18)16-9-13(20-2)21-3/h4-7,10,13H,8-9H2,1-3H3,(H,16,18). The number of benzene rings is 1. The summed E-state index contributed by atoms with van der Waals surface area (Å²) < 4.78 is 9.94. The van der Waals surface area contributed by atoms with Gasteiger partial charge in [-0.3, -0.25) is 9.59 Å². The zero-order chi connectivity index (χ0) is 15.4. The Morgan fingerprint density at radius 2 is 2.00 bits per heavy atom. The van der Waals surface area contributed by atoms with Crippen molar-refractivity contribution >= 4 is 17.5 Å². The molecule has 1 N–H and O–H groups in total. The molecule has 1 aromatic carbocycles. The van der Waals surface area contributed by atoms with E-state index in [1.54, 1.807) is 4.90 Å². The Bertz CT molecular complexity index is 528. The Labute approximate surface area is 124 Å². The van der Waals surface area contributed by atoms with E-state index in [9.17, 15) is 9.59 Å². The van der Waals surface area contributed by atoms with Crippen molar-refractivity contribution in [3.63, 3.8) is 0 Å². The van der Waals surface area contributed by atoms with Crippen LogP contribution in [0, 0.1) is 0 Å². The third kappa shape index (κ3) is 3.22. The summed E-state index contributed by atoms with van der Waals surface area (Å²) in [6.07, 6.45) is 0.193. The molecule has 0 radical (unpaired) electrons. The molecule has 2 amide bonds. The fraction of sp³-hybridized carbons (Fsp3) is 0.467. The van der Waals surface area contributed by atoms with E-state index in [0.717, 1.165) is 17.7 Å². The van der Waals surface area contributed by atoms with E-state index in [-0.39, 0.29) is 12.6 Å². The number of hydrogen-bond acceptors (Lipinski definition) is 4. The largest absolute Gasteiger partial charge is 0.354 e. The Kier molecular flexibility index (Phi) is 4.93. The Balaban J connectivity index is 2.04. The highest BCUT2D eigenvalue weighted by Gasteiger charge is 2.34. The monoisotopic (exact) mass is 292 g/mol. The number of nitrogens with one attached hydrogen (secondary N) is 1. The molecular formula is C15H20N2O4. The fourth-order valence-corrected chi connectivity index (χ4v) is 2.50. The van der Waals surface area contributed by atoms with E-state index in [1.807, 2.05) is 31.2 Å². The van der Waals surface area contributed by atoms with Crippen LogP contribution in [0.25, 0.3) is 0 Å². The van der Waals surface area contributed by atoms with E-state index in [1.165, 1.54) is 14.2 Å². The van der Waals surface area contributed by atoms with Gasteiger partial charge in [0, 0.05) is 25.9 Å². The number of carbonyl (C=O) groups excluding carboxylic acids is 2. The molecular weight excluding hydrogens is 272 g/mol. The van der Waals surface area contributed by atoms with Gasteiger partial charge in [0.2, 0.25) is 0 Å². The van der Waals surface area contributed by atoms with Gasteiger partial charge >= 0.3 is 11.8 Å². The van der Waals surface area contributed by atoms with Crippen molar-refractivity contribution in [3.8, 4) is 0 Å². The summed E-state index contributed by atoms with van der Waals surface area (Å²) >= 11 is 0. The number of hydrogen-bond donors (Lipinski definition) is 1. The molecule has 21 heavy (non-hydrogen) atoms. The first kappa shape index (κ1) is 15.5. The number of rotatable bonds is 4. The summed E-state index contributed by atoms with van der Waals surface area (Å²) in [5.41, 5.74) is 1.89. The van der Waals surface area contributed by atoms with Crippen molar-refractivity contribution in [1.82, 2.24) is 5.32 Å². The van der Waals surface area contributed by atoms with Gasteiger partial charge in [0.05, 0.1) is 6.54 Å². The minimum Gasteiger partial charge on any atom is -0.354 e. The number of nitrogens with zero attached hydrogens (tertiary/aromatic N) is 1. The molecule has 0 fully saturated rings. The van der Waals surface area contributed by atoms with Gasteiger partial charge in [-0.25, -0.2) is 0 Å². The minimum atomic E-state index is -0.655. The molecule has 0 aromatic heterocycles. The van der Waals surface area contributed by atoms with Gasteiger partial charge in [0.1, 0.15) is 0 Å². The van der Waals surface area contributed by atoms with Gasteiger partial charge in [-0.1, -0.05) is 18.2 Å². The smallest absolute Gasteiger partial charge is 0.316 e. The van der Waals surface area contributed by atoms with Gasteiger partial charge in [-0.2, -0.15) is 0 Å². The third-order valence-corrected chi connectivity index (χ3v) is 3.58. The van der Waals surface area contributed by atoms with Crippen LogP contribution in [-0.2, 0) is 25.5 Å². The summed E-state index contributed by atoms with van der Waals surface area (Å²) in [6, 6.07) is 7.60. The molecule has 1 unspecified atom stereocenters. The number of carbonyl (C=O) groups is 2. The fourth-order valence-electron chi connectivity index (χ4n) is 2.50. The number of fused-ring (bicyclic) bond motifs is 1. The average Bonchev–Trinajstić information content (AvgIpc) is 2.83. The molecule has 6 nitrogen and oxygen atoms in total. The molecule has 0 bridgehead atoms. The van der Waals surface area contributed by atoms with Crippen molar-refractivity contribution in [3.05, 3.63) is 29.8 Å². The molecule has 1 aromatic rings. The van der Waals surface area contributed by atoms with Crippen molar-refractivity contribution in [2.24, 2.45) is 0 Å². The van der Waals surface area contributed by atoms with Crippen LogP contribution < -0.4 is 10.2 Å². The first-order chi connectivity index (χ1) is 10.1. The SMILES string of the molecule is COC(CNC(=O)C(=O)N1c2ccccc2CC1C)OC. The van der Waals surface area contributed by atoms with Gasteiger partial charge in [0.15, 0.2) is 6.29 Å². The maximum Gasteiger partial charge on any atom is 0.316 e. The first-order valence-corrected chi connectivity index (χ1v) is 6.83. The molecule has 1 aliphatic heterocycles. The first-order valence-electron chi connectivity index (χ1n) is 6.83. The van der Waals surface area contributed by atoms with Crippen molar-refractivity contribution in [2.45, 2.75) is 25.7 Å². The Morgan fingerprint density at radius 1 is 1.33 bits per heavy atom. The van der Waals surface area contributed by atoms with Gasteiger partial charge in [0.25, 0.3) is 0 Å². The summed E-state index contributed by atoms with van der Waals surface area (Å²) in [5, 5.41) is 2.53. The highest BCUT2D eigenvalue weighted by molar-refractivity contribution is 6.40. The number of amides is 2. The summed E-state index contributed by atoms with van der Waals surface area (Å²) in [7, 11) is 2.95. The minimum absolute atomic E-state index is 0.0266. The maximum atomic E-state index is 12.3.